The van der Waals surface area contributed by atoms with Crippen LogP contribution in [0.5, 0.6) is 0 Å². The van der Waals surface area contributed by atoms with Crippen LogP contribution in [0.15, 0.2) is 12.7 Å². The van der Waals surface area contributed by atoms with Crippen molar-refractivity contribution in [2.45, 2.75) is 102 Å². The lowest BCUT2D eigenvalue weighted by molar-refractivity contribution is -0.279. The van der Waals surface area contributed by atoms with Crippen LogP contribution in [0, 0.1) is 0 Å². The van der Waals surface area contributed by atoms with Crippen molar-refractivity contribution in [3.05, 3.63) is 12.7 Å². The number of fused-ring (bicyclic) bond motifs is 1. The molecule has 0 saturated carbocycles. The van der Waals surface area contributed by atoms with E-state index in [1.165, 1.54) is 0 Å². The highest BCUT2D eigenvalue weighted by atomic mass is 28.4. The lowest BCUT2D eigenvalue weighted by Gasteiger charge is -2.42. The minimum absolute atomic E-state index is 0.0880. The maximum atomic E-state index is 10.8. The van der Waals surface area contributed by atoms with E-state index in [2.05, 4.69) is 40.4 Å². The predicted octanol–water partition coefficient (Wildman–Crippen LogP) is 3.60. The van der Waals surface area contributed by atoms with Gasteiger partial charge in [0.15, 0.2) is 20.4 Å². The average molecular weight is 403 g/mol. The zero-order valence-corrected chi connectivity index (χ0v) is 19.0. The van der Waals surface area contributed by atoms with Crippen molar-refractivity contribution >= 4 is 8.32 Å². The molecule has 0 radical (unpaired) electrons. The summed E-state index contributed by atoms with van der Waals surface area (Å²) < 4.78 is 30.2. The summed E-state index contributed by atoms with van der Waals surface area (Å²) in [7, 11) is -1.95. The van der Waals surface area contributed by atoms with Crippen LogP contribution in [-0.2, 0) is 23.4 Å². The van der Waals surface area contributed by atoms with E-state index >= 15 is 0 Å². The van der Waals surface area contributed by atoms with Gasteiger partial charge >= 0.3 is 0 Å². The zero-order valence-electron chi connectivity index (χ0n) is 18.0. The summed E-state index contributed by atoms with van der Waals surface area (Å²) >= 11 is 0. The highest BCUT2D eigenvalue weighted by molar-refractivity contribution is 6.74. The Labute approximate surface area is 165 Å². The number of hydrogen-bond acceptors (Lipinski definition) is 6. The van der Waals surface area contributed by atoms with Gasteiger partial charge in [-0.15, -0.1) is 6.58 Å². The van der Waals surface area contributed by atoms with Crippen LogP contribution in [0.4, 0.5) is 0 Å². The summed E-state index contributed by atoms with van der Waals surface area (Å²) in [5, 5.41) is 10.9. The molecule has 0 bridgehead atoms. The smallest absolute Gasteiger partial charge is 0.192 e. The molecule has 2 aliphatic rings. The van der Waals surface area contributed by atoms with E-state index in [0.717, 1.165) is 12.8 Å². The molecule has 0 aromatic heterocycles. The summed E-state index contributed by atoms with van der Waals surface area (Å²) in [5.41, 5.74) is 0. The van der Waals surface area contributed by atoms with Gasteiger partial charge in [0.2, 0.25) is 0 Å². The number of ether oxygens (including phenoxy) is 4. The van der Waals surface area contributed by atoms with Crippen LogP contribution in [0.2, 0.25) is 18.1 Å². The number of aliphatic hydroxyl groups excluding tert-OH is 1. The lowest BCUT2D eigenvalue weighted by Crippen LogP contribution is -2.59. The average Bonchev–Trinajstić information content (AvgIpc) is 2.87. The van der Waals surface area contributed by atoms with Crippen molar-refractivity contribution in [2.24, 2.45) is 0 Å². The van der Waals surface area contributed by atoms with E-state index in [-0.39, 0.29) is 5.04 Å². The number of hydrogen-bond donors (Lipinski definition) is 1. The molecule has 5 atom stereocenters. The second kappa shape index (κ2) is 8.61. The normalized spacial score (nSPS) is 33.7. The van der Waals surface area contributed by atoms with Crippen LogP contribution in [0.1, 0.15) is 47.5 Å². The monoisotopic (exact) mass is 402 g/mol. The Hall–Kier alpha value is -0.283. The Morgan fingerprint density at radius 2 is 1.81 bits per heavy atom. The molecule has 2 saturated heterocycles. The standard InChI is InChI=1S/C20H38O6Si/c1-9-10-11-12-22-18-17-16(25-20(5,6)26-17)15(21)14(24-18)13-23-27(7,8)19(2,3)4/h9,14-18,21H,1,10-13H2,2-8H3/t14-,15-,16+,17+,18+/m1/s1. The molecule has 2 fully saturated rings. The minimum Gasteiger partial charge on any atom is -0.414 e. The van der Waals surface area contributed by atoms with Crippen LogP contribution >= 0.6 is 0 Å². The number of rotatable bonds is 8. The van der Waals surface area contributed by atoms with Gasteiger partial charge in [0.25, 0.3) is 0 Å². The molecule has 0 unspecified atom stereocenters. The molecule has 2 aliphatic heterocycles. The van der Waals surface area contributed by atoms with Crippen LogP contribution in [0.3, 0.4) is 0 Å². The topological polar surface area (TPSA) is 66.4 Å². The summed E-state index contributed by atoms with van der Waals surface area (Å²) in [6, 6.07) is 0. The van der Waals surface area contributed by atoms with E-state index in [0.29, 0.717) is 13.2 Å². The molecule has 0 spiro atoms. The third-order valence-electron chi connectivity index (χ3n) is 5.71. The molecular formula is C20H38O6Si. The Kier molecular flexibility index (Phi) is 7.33. The van der Waals surface area contributed by atoms with Gasteiger partial charge < -0.3 is 28.5 Å². The fraction of sp³-hybridized carbons (Fsp3) is 0.900. The second-order valence-corrected chi connectivity index (χ2v) is 14.3. The molecule has 0 aromatic rings. The molecule has 0 aliphatic carbocycles. The van der Waals surface area contributed by atoms with Crippen LogP contribution in [-0.4, -0.2) is 63.1 Å². The van der Waals surface area contributed by atoms with Gasteiger partial charge in [0.1, 0.15) is 24.4 Å². The third kappa shape index (κ3) is 5.62. The van der Waals surface area contributed by atoms with Crippen molar-refractivity contribution in [1.82, 2.24) is 0 Å². The molecule has 1 N–H and O–H groups in total. The fourth-order valence-electron chi connectivity index (χ4n) is 3.04. The first-order valence-electron chi connectivity index (χ1n) is 9.93. The molecule has 158 valence electrons. The van der Waals surface area contributed by atoms with E-state index in [1.54, 1.807) is 0 Å². The third-order valence-corrected chi connectivity index (χ3v) is 10.2. The lowest BCUT2D eigenvalue weighted by atomic mass is 9.99. The molecule has 0 aromatic carbocycles. The summed E-state index contributed by atoms with van der Waals surface area (Å²) in [4.78, 5) is 0. The van der Waals surface area contributed by atoms with Gasteiger partial charge in [-0.2, -0.15) is 0 Å². The summed E-state index contributed by atoms with van der Waals surface area (Å²) in [6.45, 7) is 19.2. The van der Waals surface area contributed by atoms with E-state index in [9.17, 15) is 5.11 Å². The first-order valence-corrected chi connectivity index (χ1v) is 12.8. The molecule has 6 nitrogen and oxygen atoms in total. The molecule has 7 heteroatoms. The van der Waals surface area contributed by atoms with Gasteiger partial charge in [0.05, 0.1) is 13.2 Å². The van der Waals surface area contributed by atoms with Gasteiger partial charge in [-0.1, -0.05) is 26.8 Å². The molecule has 27 heavy (non-hydrogen) atoms. The minimum atomic E-state index is -1.95. The highest BCUT2D eigenvalue weighted by Gasteiger charge is 2.55. The van der Waals surface area contributed by atoms with E-state index in [4.69, 9.17) is 23.4 Å². The highest BCUT2D eigenvalue weighted by Crippen LogP contribution is 2.40. The maximum absolute atomic E-state index is 10.8. The Morgan fingerprint density at radius 1 is 1.19 bits per heavy atom. The first-order chi connectivity index (χ1) is 12.4. The van der Waals surface area contributed by atoms with Gasteiger partial charge in [-0.05, 0) is 44.8 Å². The summed E-state index contributed by atoms with van der Waals surface area (Å²) in [5.74, 6) is -0.780. The molecule has 2 rings (SSSR count). The number of allylic oxidation sites excluding steroid dienone is 1. The SMILES string of the molecule is C=CCCCO[C@H]1O[C@H](CO[Si](C)(C)C(C)(C)C)[C@@H](O)[C@@H]2OC(C)(C)O[C@H]12. The Bertz CT molecular complexity index is 501. The quantitative estimate of drug-likeness (QED) is 0.380. The second-order valence-electron chi connectivity index (χ2n) is 9.47. The van der Waals surface area contributed by atoms with E-state index in [1.807, 2.05) is 19.9 Å². The van der Waals surface area contributed by atoms with Crippen molar-refractivity contribution < 1.29 is 28.5 Å². The molecule has 0 amide bonds. The zero-order chi connectivity index (χ0) is 20.5. The predicted molar refractivity (Wildman–Crippen MR) is 107 cm³/mol. The van der Waals surface area contributed by atoms with E-state index < -0.39 is 44.8 Å². The molecule has 2 heterocycles. The summed E-state index contributed by atoms with van der Waals surface area (Å²) in [6.07, 6.45) is 0.734. The van der Waals surface area contributed by atoms with Gasteiger partial charge in [-0.25, -0.2) is 0 Å². The Morgan fingerprint density at radius 3 is 2.41 bits per heavy atom. The molecular weight excluding hydrogens is 364 g/mol. The number of aliphatic hydroxyl groups is 1. The van der Waals surface area contributed by atoms with Crippen molar-refractivity contribution in [1.29, 1.82) is 0 Å². The number of unbranched alkanes of at least 4 members (excludes halogenated alkanes) is 1. The van der Waals surface area contributed by atoms with Crippen LogP contribution < -0.4 is 0 Å². The van der Waals surface area contributed by atoms with Gasteiger partial charge in [0, 0.05) is 0 Å². The van der Waals surface area contributed by atoms with Crippen LogP contribution in [0.25, 0.3) is 0 Å². The van der Waals surface area contributed by atoms with Crippen molar-refractivity contribution in [3.8, 4) is 0 Å². The van der Waals surface area contributed by atoms with Crippen molar-refractivity contribution in [3.63, 3.8) is 0 Å². The first kappa shape index (κ1) is 23.0. The van der Waals surface area contributed by atoms with Gasteiger partial charge in [-0.3, -0.25) is 0 Å². The maximum Gasteiger partial charge on any atom is 0.192 e. The van der Waals surface area contributed by atoms with Crippen molar-refractivity contribution in [2.75, 3.05) is 13.2 Å². The fourth-order valence-corrected chi connectivity index (χ4v) is 4.05. The largest absolute Gasteiger partial charge is 0.414 e. The Balaban J connectivity index is 2.06.